The summed E-state index contributed by atoms with van der Waals surface area (Å²) in [7, 11) is 0. The fraction of sp³-hybridized carbons (Fsp3) is 0.538. The van der Waals surface area contributed by atoms with Crippen molar-refractivity contribution in [3.05, 3.63) is 29.6 Å². The highest BCUT2D eigenvalue weighted by Crippen LogP contribution is 2.31. The van der Waals surface area contributed by atoms with Gasteiger partial charge in [0.1, 0.15) is 0 Å². The van der Waals surface area contributed by atoms with Gasteiger partial charge in [-0.2, -0.15) is 0 Å². The Kier molecular flexibility index (Phi) is 3.67. The first-order chi connectivity index (χ1) is 8.17. The summed E-state index contributed by atoms with van der Waals surface area (Å²) in [6, 6.07) is 3.58. The van der Waals surface area contributed by atoms with Crippen molar-refractivity contribution in [1.29, 1.82) is 0 Å². The molecule has 0 bridgehead atoms. The Bertz CT molecular complexity index is 414. The zero-order valence-electron chi connectivity index (χ0n) is 10.0. The fourth-order valence-corrected chi connectivity index (χ4v) is 2.71. The molecule has 1 N–H and O–H groups in total. The SMILES string of the molecule is Cc1ncccc1C(=O)NC1(CCl)CCCC1. The van der Waals surface area contributed by atoms with Gasteiger partial charge in [0.2, 0.25) is 0 Å². The summed E-state index contributed by atoms with van der Waals surface area (Å²) in [4.78, 5) is 16.3. The van der Waals surface area contributed by atoms with Crippen LogP contribution in [0, 0.1) is 6.92 Å². The number of aromatic nitrogens is 1. The van der Waals surface area contributed by atoms with Crippen LogP contribution in [-0.4, -0.2) is 22.3 Å². The molecule has 0 radical (unpaired) electrons. The van der Waals surface area contributed by atoms with E-state index in [4.69, 9.17) is 11.6 Å². The maximum absolute atomic E-state index is 12.2. The van der Waals surface area contributed by atoms with E-state index in [2.05, 4.69) is 10.3 Å². The minimum atomic E-state index is -0.207. The molecule has 0 aromatic carbocycles. The summed E-state index contributed by atoms with van der Waals surface area (Å²) in [5.74, 6) is 0.427. The molecule has 0 unspecified atom stereocenters. The minimum Gasteiger partial charge on any atom is -0.345 e. The number of pyridine rings is 1. The molecule has 92 valence electrons. The summed E-state index contributed by atoms with van der Waals surface area (Å²) in [5.41, 5.74) is 1.19. The highest BCUT2D eigenvalue weighted by atomic mass is 35.5. The number of hydrogen-bond donors (Lipinski definition) is 1. The number of hydrogen-bond acceptors (Lipinski definition) is 2. The second-order valence-electron chi connectivity index (χ2n) is 4.71. The van der Waals surface area contributed by atoms with E-state index in [-0.39, 0.29) is 11.4 Å². The number of carbonyl (C=O) groups is 1. The van der Waals surface area contributed by atoms with Crippen molar-refractivity contribution in [2.24, 2.45) is 0 Å². The molecule has 1 fully saturated rings. The van der Waals surface area contributed by atoms with Crippen molar-refractivity contribution < 1.29 is 4.79 Å². The molecule has 1 aliphatic rings. The topological polar surface area (TPSA) is 42.0 Å². The van der Waals surface area contributed by atoms with Crippen LogP contribution in [0.4, 0.5) is 0 Å². The largest absolute Gasteiger partial charge is 0.345 e. The van der Waals surface area contributed by atoms with Gasteiger partial charge in [-0.05, 0) is 31.9 Å². The van der Waals surface area contributed by atoms with Gasteiger partial charge in [0.25, 0.3) is 5.91 Å². The van der Waals surface area contributed by atoms with Crippen LogP contribution in [0.25, 0.3) is 0 Å². The molecule has 17 heavy (non-hydrogen) atoms. The zero-order chi connectivity index (χ0) is 12.3. The molecule has 1 aliphatic carbocycles. The highest BCUT2D eigenvalue weighted by Gasteiger charge is 2.34. The van der Waals surface area contributed by atoms with E-state index < -0.39 is 0 Å². The van der Waals surface area contributed by atoms with Crippen LogP contribution in [0.15, 0.2) is 18.3 Å². The lowest BCUT2D eigenvalue weighted by molar-refractivity contribution is 0.0908. The second kappa shape index (κ2) is 5.05. The number of carbonyl (C=O) groups excluding carboxylic acids is 1. The Balaban J connectivity index is 2.14. The van der Waals surface area contributed by atoms with Crippen molar-refractivity contribution >= 4 is 17.5 Å². The number of halogens is 1. The Labute approximate surface area is 107 Å². The first-order valence-electron chi connectivity index (χ1n) is 5.97. The van der Waals surface area contributed by atoms with Crippen molar-refractivity contribution in [2.45, 2.75) is 38.1 Å². The normalized spacial score (nSPS) is 18.0. The molecule has 1 aromatic rings. The number of aryl methyl sites for hydroxylation is 1. The van der Waals surface area contributed by atoms with E-state index >= 15 is 0 Å². The molecule has 4 heteroatoms. The molecule has 0 saturated heterocycles. The summed E-state index contributed by atoms with van der Waals surface area (Å²) in [5, 5.41) is 3.09. The maximum Gasteiger partial charge on any atom is 0.253 e. The van der Waals surface area contributed by atoms with E-state index in [1.807, 2.05) is 6.92 Å². The highest BCUT2D eigenvalue weighted by molar-refractivity contribution is 6.19. The third kappa shape index (κ3) is 2.60. The lowest BCUT2D eigenvalue weighted by Gasteiger charge is -2.28. The second-order valence-corrected chi connectivity index (χ2v) is 4.98. The Morgan fingerprint density at radius 2 is 2.24 bits per heavy atom. The predicted molar refractivity (Wildman–Crippen MR) is 68.4 cm³/mol. The van der Waals surface area contributed by atoms with Gasteiger partial charge in [-0.15, -0.1) is 11.6 Å². The van der Waals surface area contributed by atoms with E-state index in [0.717, 1.165) is 31.4 Å². The van der Waals surface area contributed by atoms with Crippen molar-refractivity contribution in [2.75, 3.05) is 5.88 Å². The van der Waals surface area contributed by atoms with Gasteiger partial charge in [-0.25, -0.2) is 0 Å². The number of nitrogens with one attached hydrogen (secondary N) is 1. The number of nitrogens with zero attached hydrogens (tertiary/aromatic N) is 1. The fourth-order valence-electron chi connectivity index (χ4n) is 2.38. The summed E-state index contributed by atoms with van der Waals surface area (Å²) in [6.45, 7) is 1.84. The Hall–Kier alpha value is -1.09. The molecule has 0 spiro atoms. The first kappa shape index (κ1) is 12.4. The monoisotopic (exact) mass is 252 g/mol. The molecule has 1 aromatic heterocycles. The van der Waals surface area contributed by atoms with Gasteiger partial charge in [0.15, 0.2) is 0 Å². The van der Waals surface area contributed by atoms with Gasteiger partial charge in [-0.3, -0.25) is 9.78 Å². The van der Waals surface area contributed by atoms with E-state index in [0.29, 0.717) is 11.4 Å². The van der Waals surface area contributed by atoms with Crippen LogP contribution in [0.5, 0.6) is 0 Å². The van der Waals surface area contributed by atoms with Crippen molar-refractivity contribution in [1.82, 2.24) is 10.3 Å². The standard InChI is InChI=1S/C13H17ClN2O/c1-10-11(5-4-8-15-10)12(17)16-13(9-14)6-2-3-7-13/h4-5,8H,2-3,6-7,9H2,1H3,(H,16,17). The van der Waals surface area contributed by atoms with E-state index in [1.165, 1.54) is 0 Å². The minimum absolute atomic E-state index is 0.0573. The zero-order valence-corrected chi connectivity index (χ0v) is 10.8. The molecule has 0 atom stereocenters. The Morgan fingerprint density at radius 1 is 1.53 bits per heavy atom. The average molecular weight is 253 g/mol. The third-order valence-corrected chi connectivity index (χ3v) is 3.96. The van der Waals surface area contributed by atoms with Gasteiger partial charge < -0.3 is 5.32 Å². The van der Waals surface area contributed by atoms with Crippen molar-refractivity contribution in [3.63, 3.8) is 0 Å². The Morgan fingerprint density at radius 3 is 2.82 bits per heavy atom. The number of alkyl halides is 1. The predicted octanol–water partition coefficient (Wildman–Crippen LogP) is 2.67. The van der Waals surface area contributed by atoms with Crippen LogP contribution in [0.3, 0.4) is 0 Å². The summed E-state index contributed by atoms with van der Waals surface area (Å²) >= 11 is 6.01. The van der Waals surface area contributed by atoms with E-state index in [9.17, 15) is 4.79 Å². The molecule has 3 nitrogen and oxygen atoms in total. The molecule has 1 saturated carbocycles. The lowest BCUT2D eigenvalue weighted by Crippen LogP contribution is -2.48. The van der Waals surface area contributed by atoms with Crippen LogP contribution in [-0.2, 0) is 0 Å². The number of rotatable bonds is 3. The van der Waals surface area contributed by atoms with E-state index in [1.54, 1.807) is 18.3 Å². The van der Waals surface area contributed by atoms with Gasteiger partial charge in [0, 0.05) is 17.8 Å². The molecular formula is C13H17ClN2O. The average Bonchev–Trinajstić information content (AvgIpc) is 2.79. The maximum atomic E-state index is 12.2. The molecule has 1 heterocycles. The summed E-state index contributed by atoms with van der Waals surface area (Å²) < 4.78 is 0. The lowest BCUT2D eigenvalue weighted by atomic mass is 9.99. The quantitative estimate of drug-likeness (QED) is 0.841. The number of amides is 1. The van der Waals surface area contributed by atoms with Gasteiger partial charge in [-0.1, -0.05) is 12.8 Å². The van der Waals surface area contributed by atoms with Crippen LogP contribution >= 0.6 is 11.6 Å². The summed E-state index contributed by atoms with van der Waals surface area (Å²) in [6.07, 6.45) is 5.92. The molecule has 0 aliphatic heterocycles. The van der Waals surface area contributed by atoms with Gasteiger partial charge in [0.05, 0.1) is 11.1 Å². The first-order valence-corrected chi connectivity index (χ1v) is 6.50. The molecule has 1 amide bonds. The third-order valence-electron chi connectivity index (χ3n) is 3.45. The smallest absolute Gasteiger partial charge is 0.253 e. The van der Waals surface area contributed by atoms with Crippen LogP contribution in [0.1, 0.15) is 41.7 Å². The molecular weight excluding hydrogens is 236 g/mol. The van der Waals surface area contributed by atoms with Crippen LogP contribution in [0.2, 0.25) is 0 Å². The van der Waals surface area contributed by atoms with Gasteiger partial charge >= 0.3 is 0 Å². The molecule has 2 rings (SSSR count). The van der Waals surface area contributed by atoms with Crippen LogP contribution < -0.4 is 5.32 Å². The van der Waals surface area contributed by atoms with Crippen molar-refractivity contribution in [3.8, 4) is 0 Å².